The fraction of sp³-hybridized carbons (Fsp3) is 0.250. The van der Waals surface area contributed by atoms with Crippen LogP contribution < -0.4 is 25.1 Å². The van der Waals surface area contributed by atoms with Gasteiger partial charge in [-0.3, -0.25) is 20.4 Å². The number of hydrogen-bond donors (Lipinski definition) is 2. The quantitative estimate of drug-likeness (QED) is 0.710. The van der Waals surface area contributed by atoms with Gasteiger partial charge in [-0.05, 0) is 56.3 Å². The van der Waals surface area contributed by atoms with E-state index in [0.717, 1.165) is 0 Å². The maximum atomic E-state index is 12.2. The van der Waals surface area contributed by atoms with Gasteiger partial charge in [0.2, 0.25) is 0 Å². The van der Waals surface area contributed by atoms with Crippen molar-refractivity contribution in [3.05, 3.63) is 53.6 Å². The third kappa shape index (κ3) is 5.92. The minimum Gasteiger partial charge on any atom is -0.493 e. The molecule has 0 heterocycles. The number of ether oxygens (including phenoxy) is 3. The molecule has 0 unspecified atom stereocenters. The minimum absolute atomic E-state index is 0.0380. The van der Waals surface area contributed by atoms with E-state index in [1.54, 1.807) is 36.4 Å². The number of hydrogen-bond acceptors (Lipinski definition) is 6. The van der Waals surface area contributed by atoms with Gasteiger partial charge in [0.25, 0.3) is 11.8 Å². The molecule has 2 aromatic rings. The van der Waals surface area contributed by atoms with E-state index in [1.165, 1.54) is 13.2 Å². The van der Waals surface area contributed by atoms with Crippen LogP contribution in [0.15, 0.2) is 42.5 Å². The molecule has 0 bridgehead atoms. The molecule has 0 atom stereocenters. The van der Waals surface area contributed by atoms with Crippen LogP contribution >= 0.6 is 0 Å². The van der Waals surface area contributed by atoms with Crippen LogP contribution in [-0.4, -0.2) is 31.6 Å². The molecule has 2 rings (SSSR count). The summed E-state index contributed by atoms with van der Waals surface area (Å²) >= 11 is 0. The van der Waals surface area contributed by atoms with Gasteiger partial charge in [-0.2, -0.15) is 5.26 Å². The van der Waals surface area contributed by atoms with Crippen molar-refractivity contribution in [1.29, 1.82) is 5.26 Å². The van der Waals surface area contributed by atoms with Crippen LogP contribution in [0.1, 0.15) is 29.8 Å². The Bertz CT molecular complexity index is 872. The summed E-state index contributed by atoms with van der Waals surface area (Å²) in [6.07, 6.45) is -0.0380. The third-order valence-electron chi connectivity index (χ3n) is 3.46. The molecule has 0 saturated carbocycles. The van der Waals surface area contributed by atoms with Gasteiger partial charge >= 0.3 is 0 Å². The normalized spacial score (nSPS) is 9.96. The molecule has 2 aromatic carbocycles. The summed E-state index contributed by atoms with van der Waals surface area (Å²) < 4.78 is 16.1. The lowest BCUT2D eigenvalue weighted by Crippen LogP contribution is -2.43. The standard InChI is InChI=1S/C20H21N3O5/c1-13(2)28-17-9-6-15(10-18(17)26-3)20(25)23-22-19(24)12-27-16-7-4-14(11-21)5-8-16/h4-10,13H,12H2,1-3H3,(H,22,24)(H,23,25). The Balaban J connectivity index is 1.86. The summed E-state index contributed by atoms with van der Waals surface area (Å²) in [5.41, 5.74) is 5.36. The number of benzene rings is 2. The molecule has 0 fully saturated rings. The Kier molecular flexibility index (Phi) is 7.22. The zero-order valence-electron chi connectivity index (χ0n) is 15.8. The van der Waals surface area contributed by atoms with Gasteiger partial charge in [0, 0.05) is 5.56 Å². The summed E-state index contributed by atoms with van der Waals surface area (Å²) in [7, 11) is 1.48. The largest absolute Gasteiger partial charge is 0.493 e. The van der Waals surface area contributed by atoms with E-state index < -0.39 is 11.8 Å². The Hall–Kier alpha value is -3.73. The predicted molar refractivity (Wildman–Crippen MR) is 101 cm³/mol. The van der Waals surface area contributed by atoms with Crippen LogP contribution in [0.3, 0.4) is 0 Å². The molecule has 2 N–H and O–H groups in total. The van der Waals surface area contributed by atoms with Crippen molar-refractivity contribution >= 4 is 11.8 Å². The highest BCUT2D eigenvalue weighted by Crippen LogP contribution is 2.28. The number of rotatable bonds is 7. The Morgan fingerprint density at radius 3 is 2.39 bits per heavy atom. The number of nitrogens with one attached hydrogen (secondary N) is 2. The molecule has 0 radical (unpaired) electrons. The Morgan fingerprint density at radius 2 is 1.79 bits per heavy atom. The predicted octanol–water partition coefficient (Wildman–Crippen LogP) is 2.19. The monoisotopic (exact) mass is 383 g/mol. The fourth-order valence-corrected chi connectivity index (χ4v) is 2.17. The van der Waals surface area contributed by atoms with Gasteiger partial charge in [0.1, 0.15) is 5.75 Å². The van der Waals surface area contributed by atoms with E-state index in [-0.39, 0.29) is 12.7 Å². The van der Waals surface area contributed by atoms with Gasteiger partial charge in [-0.15, -0.1) is 0 Å². The van der Waals surface area contributed by atoms with E-state index in [0.29, 0.717) is 28.4 Å². The number of hydrazine groups is 1. The molecule has 0 aliphatic rings. The Morgan fingerprint density at radius 1 is 1.07 bits per heavy atom. The van der Waals surface area contributed by atoms with Crippen molar-refractivity contribution in [2.75, 3.05) is 13.7 Å². The fourth-order valence-electron chi connectivity index (χ4n) is 2.17. The van der Waals surface area contributed by atoms with Crippen molar-refractivity contribution in [3.8, 4) is 23.3 Å². The van der Waals surface area contributed by atoms with Crippen molar-refractivity contribution < 1.29 is 23.8 Å². The lowest BCUT2D eigenvalue weighted by Gasteiger charge is -2.14. The molecular formula is C20H21N3O5. The molecule has 8 heteroatoms. The lowest BCUT2D eigenvalue weighted by atomic mass is 10.2. The number of carbonyl (C=O) groups is 2. The molecule has 146 valence electrons. The summed E-state index contributed by atoms with van der Waals surface area (Å²) in [4.78, 5) is 24.0. The molecule has 0 aliphatic heterocycles. The van der Waals surface area contributed by atoms with E-state index in [2.05, 4.69) is 10.9 Å². The summed E-state index contributed by atoms with van der Waals surface area (Å²) in [5, 5.41) is 8.74. The second kappa shape index (κ2) is 9.83. The summed E-state index contributed by atoms with van der Waals surface area (Å²) in [6.45, 7) is 3.47. The van der Waals surface area contributed by atoms with Crippen molar-refractivity contribution in [2.24, 2.45) is 0 Å². The average molecular weight is 383 g/mol. The van der Waals surface area contributed by atoms with Crippen molar-refractivity contribution in [1.82, 2.24) is 10.9 Å². The average Bonchev–Trinajstić information content (AvgIpc) is 2.70. The van der Waals surface area contributed by atoms with Crippen LogP contribution in [0.4, 0.5) is 0 Å². The number of methoxy groups -OCH3 is 1. The van der Waals surface area contributed by atoms with Crippen LogP contribution in [0.2, 0.25) is 0 Å². The van der Waals surface area contributed by atoms with E-state index in [1.807, 2.05) is 19.9 Å². The third-order valence-corrected chi connectivity index (χ3v) is 3.46. The first kappa shape index (κ1) is 20.6. The highest BCUT2D eigenvalue weighted by molar-refractivity contribution is 5.96. The van der Waals surface area contributed by atoms with Gasteiger partial charge in [0.15, 0.2) is 18.1 Å². The molecule has 28 heavy (non-hydrogen) atoms. The molecule has 2 amide bonds. The molecule has 8 nitrogen and oxygen atoms in total. The highest BCUT2D eigenvalue weighted by atomic mass is 16.5. The number of nitriles is 1. The Labute approximate surface area is 163 Å². The first-order valence-corrected chi connectivity index (χ1v) is 8.49. The summed E-state index contributed by atoms with van der Waals surface area (Å²) in [6, 6.07) is 13.0. The first-order valence-electron chi connectivity index (χ1n) is 8.49. The van der Waals surface area contributed by atoms with Crippen LogP contribution in [0.25, 0.3) is 0 Å². The van der Waals surface area contributed by atoms with E-state index in [4.69, 9.17) is 19.5 Å². The first-order chi connectivity index (χ1) is 13.4. The zero-order valence-corrected chi connectivity index (χ0v) is 15.8. The maximum Gasteiger partial charge on any atom is 0.276 e. The van der Waals surface area contributed by atoms with Crippen molar-refractivity contribution in [3.63, 3.8) is 0 Å². The van der Waals surface area contributed by atoms with Crippen LogP contribution in [-0.2, 0) is 4.79 Å². The van der Waals surface area contributed by atoms with Gasteiger partial charge in [-0.25, -0.2) is 0 Å². The molecule has 0 aliphatic carbocycles. The van der Waals surface area contributed by atoms with Gasteiger partial charge in [-0.1, -0.05) is 0 Å². The number of carbonyl (C=O) groups excluding carboxylic acids is 2. The number of amides is 2. The SMILES string of the molecule is COc1cc(C(=O)NNC(=O)COc2ccc(C#N)cc2)ccc1OC(C)C. The zero-order chi connectivity index (χ0) is 20.5. The molecule has 0 spiro atoms. The van der Waals surface area contributed by atoms with Gasteiger partial charge < -0.3 is 14.2 Å². The highest BCUT2D eigenvalue weighted by Gasteiger charge is 2.13. The van der Waals surface area contributed by atoms with Crippen LogP contribution in [0.5, 0.6) is 17.2 Å². The van der Waals surface area contributed by atoms with E-state index in [9.17, 15) is 9.59 Å². The lowest BCUT2D eigenvalue weighted by molar-refractivity contribution is -0.123. The molecule has 0 saturated heterocycles. The second-order valence-electron chi connectivity index (χ2n) is 5.96. The smallest absolute Gasteiger partial charge is 0.276 e. The topological polar surface area (TPSA) is 110 Å². The van der Waals surface area contributed by atoms with Gasteiger partial charge in [0.05, 0.1) is 24.8 Å². The number of nitrogens with zero attached hydrogens (tertiary/aromatic N) is 1. The van der Waals surface area contributed by atoms with E-state index >= 15 is 0 Å². The van der Waals surface area contributed by atoms with Crippen molar-refractivity contribution in [2.45, 2.75) is 20.0 Å². The minimum atomic E-state index is -0.538. The summed E-state index contributed by atoms with van der Waals surface area (Å²) in [5.74, 6) is 0.322. The maximum absolute atomic E-state index is 12.2. The molecule has 0 aromatic heterocycles. The van der Waals surface area contributed by atoms with Crippen LogP contribution in [0, 0.1) is 11.3 Å². The molecular weight excluding hydrogens is 362 g/mol. The second-order valence-corrected chi connectivity index (χ2v) is 5.96.